The average Bonchev–Trinajstić information content (AvgIpc) is 3.36. The Balaban J connectivity index is 1.69. The van der Waals surface area contributed by atoms with E-state index in [0.29, 0.717) is 28.3 Å². The molecule has 0 fully saturated rings. The molecule has 0 saturated heterocycles. The molecule has 4 aromatic heterocycles. The molecule has 0 aliphatic rings. The molecule has 29 heavy (non-hydrogen) atoms. The van der Waals surface area contributed by atoms with Gasteiger partial charge in [-0.2, -0.15) is 5.10 Å². The van der Waals surface area contributed by atoms with Crippen LogP contribution < -0.4 is 10.9 Å². The van der Waals surface area contributed by atoms with Crippen LogP contribution >= 0.6 is 0 Å². The van der Waals surface area contributed by atoms with Gasteiger partial charge in [-0.25, -0.2) is 19.5 Å². The van der Waals surface area contributed by atoms with Crippen molar-refractivity contribution in [3.63, 3.8) is 0 Å². The first-order valence-corrected chi connectivity index (χ1v) is 9.20. The predicted molar refractivity (Wildman–Crippen MR) is 109 cm³/mol. The van der Waals surface area contributed by atoms with Crippen LogP contribution in [-0.2, 0) is 0 Å². The average molecular weight is 386 g/mol. The Morgan fingerprint density at radius 2 is 1.93 bits per heavy atom. The maximum Gasteiger partial charge on any atom is 0.282 e. The molecule has 0 spiro atoms. The van der Waals surface area contributed by atoms with E-state index in [2.05, 4.69) is 25.3 Å². The van der Waals surface area contributed by atoms with Crippen molar-refractivity contribution in [3.8, 4) is 5.69 Å². The molecule has 0 saturated carbocycles. The maximum absolute atomic E-state index is 13.4. The fraction of sp³-hybridized carbons (Fsp3) is 0.150. The zero-order valence-electron chi connectivity index (χ0n) is 15.9. The van der Waals surface area contributed by atoms with Crippen LogP contribution in [0, 0.1) is 6.92 Å². The lowest BCUT2D eigenvalue weighted by Crippen LogP contribution is -2.29. The number of imidazole rings is 1. The molecule has 4 heterocycles. The molecule has 0 aliphatic heterocycles. The number of aromatic amines is 1. The molecule has 1 unspecified atom stereocenters. The summed E-state index contributed by atoms with van der Waals surface area (Å²) in [5.74, 6) is 1.16. The Hall–Kier alpha value is -4.01. The highest BCUT2D eigenvalue weighted by molar-refractivity contribution is 5.82. The van der Waals surface area contributed by atoms with Crippen molar-refractivity contribution in [2.45, 2.75) is 19.9 Å². The SMILES string of the molecule is Cc1ccn2nc(C(C)Nc3ncnc4nc[nH]c34)n(-c3ccccc3)c(=O)c12. The van der Waals surface area contributed by atoms with E-state index in [-0.39, 0.29) is 11.6 Å². The lowest BCUT2D eigenvalue weighted by Gasteiger charge is -2.19. The minimum atomic E-state index is -0.323. The fourth-order valence-electron chi connectivity index (χ4n) is 3.48. The van der Waals surface area contributed by atoms with Gasteiger partial charge in [0.25, 0.3) is 5.56 Å². The first kappa shape index (κ1) is 17.1. The highest BCUT2D eigenvalue weighted by Gasteiger charge is 2.20. The first-order chi connectivity index (χ1) is 14.1. The number of para-hydroxylation sites is 1. The number of aryl methyl sites for hydroxylation is 1. The number of hydrogen-bond donors (Lipinski definition) is 2. The predicted octanol–water partition coefficient (Wildman–Crippen LogP) is 2.63. The van der Waals surface area contributed by atoms with Crippen molar-refractivity contribution < 1.29 is 0 Å². The second-order valence-electron chi connectivity index (χ2n) is 6.82. The molecular weight excluding hydrogens is 368 g/mol. The zero-order valence-corrected chi connectivity index (χ0v) is 15.9. The van der Waals surface area contributed by atoms with E-state index in [1.54, 1.807) is 21.6 Å². The third kappa shape index (κ3) is 2.75. The second kappa shape index (κ2) is 6.55. The lowest BCUT2D eigenvalue weighted by atomic mass is 10.2. The van der Waals surface area contributed by atoms with Crippen molar-refractivity contribution in [2.24, 2.45) is 0 Å². The zero-order chi connectivity index (χ0) is 20.0. The van der Waals surface area contributed by atoms with Gasteiger partial charge in [0, 0.05) is 6.20 Å². The molecule has 0 bridgehead atoms. The summed E-state index contributed by atoms with van der Waals surface area (Å²) in [4.78, 5) is 29.1. The van der Waals surface area contributed by atoms with Gasteiger partial charge in [-0.05, 0) is 37.6 Å². The summed E-state index contributed by atoms with van der Waals surface area (Å²) in [5, 5.41) is 8.08. The number of fused-ring (bicyclic) bond motifs is 2. The molecule has 0 radical (unpaired) electrons. The Labute approximate surface area is 165 Å². The van der Waals surface area contributed by atoms with Crippen LogP contribution in [0.15, 0.2) is 60.0 Å². The van der Waals surface area contributed by atoms with Crippen molar-refractivity contribution in [2.75, 3.05) is 5.32 Å². The fourth-order valence-corrected chi connectivity index (χ4v) is 3.48. The Morgan fingerprint density at radius 3 is 2.76 bits per heavy atom. The van der Waals surface area contributed by atoms with Crippen LogP contribution in [0.3, 0.4) is 0 Å². The molecule has 144 valence electrons. The van der Waals surface area contributed by atoms with Crippen LogP contribution in [0.2, 0.25) is 0 Å². The highest BCUT2D eigenvalue weighted by Crippen LogP contribution is 2.22. The molecule has 9 nitrogen and oxygen atoms in total. The van der Waals surface area contributed by atoms with Crippen molar-refractivity contribution in [3.05, 3.63) is 77.0 Å². The van der Waals surface area contributed by atoms with E-state index in [1.807, 2.05) is 50.2 Å². The summed E-state index contributed by atoms with van der Waals surface area (Å²) >= 11 is 0. The third-order valence-electron chi connectivity index (χ3n) is 4.89. The van der Waals surface area contributed by atoms with Crippen LogP contribution in [0.5, 0.6) is 0 Å². The second-order valence-corrected chi connectivity index (χ2v) is 6.82. The number of nitrogens with one attached hydrogen (secondary N) is 2. The Bertz CT molecular complexity index is 1380. The summed E-state index contributed by atoms with van der Waals surface area (Å²) in [6.07, 6.45) is 4.83. The molecule has 1 aromatic carbocycles. The van der Waals surface area contributed by atoms with Gasteiger partial charge < -0.3 is 10.3 Å². The molecule has 5 aromatic rings. The van der Waals surface area contributed by atoms with Gasteiger partial charge >= 0.3 is 0 Å². The van der Waals surface area contributed by atoms with Gasteiger partial charge in [-0.15, -0.1) is 0 Å². The van der Waals surface area contributed by atoms with Gasteiger partial charge in [-0.3, -0.25) is 9.36 Å². The van der Waals surface area contributed by atoms with Crippen molar-refractivity contribution in [1.29, 1.82) is 0 Å². The molecule has 0 aliphatic carbocycles. The third-order valence-corrected chi connectivity index (χ3v) is 4.89. The summed E-state index contributed by atoms with van der Waals surface area (Å²) < 4.78 is 3.28. The minimum absolute atomic E-state index is 0.119. The Morgan fingerprint density at radius 1 is 1.10 bits per heavy atom. The van der Waals surface area contributed by atoms with E-state index in [0.717, 1.165) is 11.3 Å². The number of hydrogen-bond acceptors (Lipinski definition) is 6. The highest BCUT2D eigenvalue weighted by atomic mass is 16.1. The smallest absolute Gasteiger partial charge is 0.282 e. The molecule has 5 rings (SSSR count). The lowest BCUT2D eigenvalue weighted by molar-refractivity contribution is 0.673. The largest absolute Gasteiger partial charge is 0.358 e. The molecule has 0 amide bonds. The number of benzene rings is 1. The van der Waals surface area contributed by atoms with Gasteiger partial charge in [0.05, 0.1) is 18.1 Å². The first-order valence-electron chi connectivity index (χ1n) is 9.20. The number of rotatable bonds is 4. The topological polar surface area (TPSA) is 106 Å². The normalized spacial score (nSPS) is 12.5. The van der Waals surface area contributed by atoms with Crippen LogP contribution in [0.25, 0.3) is 22.4 Å². The maximum atomic E-state index is 13.4. The van der Waals surface area contributed by atoms with Gasteiger partial charge in [0.2, 0.25) is 0 Å². The molecule has 1 atom stereocenters. The number of aromatic nitrogens is 7. The number of anilines is 1. The van der Waals surface area contributed by atoms with Crippen LogP contribution in [0.4, 0.5) is 5.82 Å². The van der Waals surface area contributed by atoms with Crippen LogP contribution in [-0.4, -0.2) is 34.1 Å². The summed E-state index contributed by atoms with van der Waals surface area (Å²) in [7, 11) is 0. The van der Waals surface area contributed by atoms with Gasteiger partial charge in [-0.1, -0.05) is 18.2 Å². The van der Waals surface area contributed by atoms with E-state index in [9.17, 15) is 4.79 Å². The summed E-state index contributed by atoms with van der Waals surface area (Å²) in [6.45, 7) is 3.85. The number of H-pyrrole nitrogens is 1. The molecule has 9 heteroatoms. The van der Waals surface area contributed by atoms with E-state index in [4.69, 9.17) is 5.10 Å². The number of nitrogens with zero attached hydrogens (tertiary/aromatic N) is 6. The van der Waals surface area contributed by atoms with Crippen LogP contribution in [0.1, 0.15) is 24.4 Å². The standard InChI is InChI=1S/C20H18N8O/c1-12-8-9-27-16(12)20(29)28(14-6-4-3-5-7-14)19(26-27)13(2)25-18-15-17(22-10-21-15)23-11-24-18/h3-11,13H,1-2H3,(H2,21,22,23,24,25). The summed E-state index contributed by atoms with van der Waals surface area (Å²) in [6, 6.07) is 11.1. The minimum Gasteiger partial charge on any atom is -0.358 e. The van der Waals surface area contributed by atoms with Crippen molar-refractivity contribution in [1.82, 2.24) is 34.1 Å². The van der Waals surface area contributed by atoms with E-state index < -0.39 is 0 Å². The van der Waals surface area contributed by atoms with Gasteiger partial charge in [0.15, 0.2) is 17.3 Å². The van der Waals surface area contributed by atoms with Crippen molar-refractivity contribution >= 4 is 22.5 Å². The van der Waals surface area contributed by atoms with Gasteiger partial charge in [0.1, 0.15) is 17.4 Å². The quantitative estimate of drug-likeness (QED) is 0.492. The molecular formula is C20H18N8O. The van der Waals surface area contributed by atoms with E-state index >= 15 is 0 Å². The molecule has 2 N–H and O–H groups in total. The monoisotopic (exact) mass is 386 g/mol. The van der Waals surface area contributed by atoms with E-state index in [1.165, 1.54) is 6.33 Å². The Kier molecular flexibility index (Phi) is 3.87. The summed E-state index contributed by atoms with van der Waals surface area (Å²) in [5.41, 5.74) is 3.35.